The van der Waals surface area contributed by atoms with Crippen molar-refractivity contribution in [3.8, 4) is 0 Å². The van der Waals surface area contributed by atoms with E-state index in [0.717, 1.165) is 12.1 Å². The Morgan fingerprint density at radius 2 is 1.45 bits per heavy atom. The maximum absolute atomic E-state index is 12.8. The fourth-order valence-corrected chi connectivity index (χ4v) is 2.80. The maximum atomic E-state index is 12.8. The highest BCUT2D eigenvalue weighted by Gasteiger charge is 2.30. The van der Waals surface area contributed by atoms with Crippen LogP contribution in [-0.2, 0) is 11.0 Å². The van der Waals surface area contributed by atoms with Crippen LogP contribution in [-0.4, -0.2) is 18.4 Å². The molecule has 0 saturated carbocycles. The molecule has 3 rings (SSSR count). The molecule has 0 atom stereocenters. The lowest BCUT2D eigenvalue weighted by Crippen LogP contribution is -2.22. The Morgan fingerprint density at radius 1 is 0.806 bits per heavy atom. The van der Waals surface area contributed by atoms with Gasteiger partial charge in [0.1, 0.15) is 0 Å². The van der Waals surface area contributed by atoms with Crippen LogP contribution in [0.5, 0.6) is 0 Å². The third-order valence-corrected chi connectivity index (χ3v) is 4.41. The summed E-state index contributed by atoms with van der Waals surface area (Å²) in [6.07, 6.45) is -4.51. The minimum absolute atomic E-state index is 0.0116. The highest BCUT2D eigenvalue weighted by Crippen LogP contribution is 2.30. The maximum Gasteiger partial charge on any atom is 0.416 e. The summed E-state index contributed by atoms with van der Waals surface area (Å²) in [6.45, 7) is -0.0116. The van der Waals surface area contributed by atoms with E-state index in [0.29, 0.717) is 16.4 Å². The first-order chi connectivity index (χ1) is 14.7. The van der Waals surface area contributed by atoms with Gasteiger partial charge in [-0.1, -0.05) is 23.7 Å². The summed E-state index contributed by atoms with van der Waals surface area (Å²) < 4.78 is 38.5. The van der Waals surface area contributed by atoms with Crippen molar-refractivity contribution in [1.82, 2.24) is 0 Å². The van der Waals surface area contributed by atoms with Crippen LogP contribution in [0.3, 0.4) is 0 Å². The first-order valence-electron chi connectivity index (χ1n) is 9.09. The number of carbonyl (C=O) groups excluding carboxylic acids is 2. The molecule has 31 heavy (non-hydrogen) atoms. The minimum Gasteiger partial charge on any atom is -0.376 e. The molecule has 9 heteroatoms. The lowest BCUT2D eigenvalue weighted by Gasteiger charge is -2.11. The van der Waals surface area contributed by atoms with Crippen LogP contribution >= 0.6 is 11.6 Å². The Labute approximate surface area is 181 Å². The second-order valence-electron chi connectivity index (χ2n) is 6.52. The third-order valence-electron chi connectivity index (χ3n) is 4.15. The fourth-order valence-electron chi connectivity index (χ4n) is 2.67. The van der Waals surface area contributed by atoms with Crippen LogP contribution in [0.4, 0.5) is 30.2 Å². The van der Waals surface area contributed by atoms with E-state index < -0.39 is 17.6 Å². The highest BCUT2D eigenvalue weighted by molar-refractivity contribution is 6.30. The molecule has 0 heterocycles. The molecule has 5 nitrogen and oxygen atoms in total. The number of carbonyl (C=O) groups is 2. The van der Waals surface area contributed by atoms with Crippen molar-refractivity contribution in [3.63, 3.8) is 0 Å². The van der Waals surface area contributed by atoms with E-state index in [9.17, 15) is 22.8 Å². The van der Waals surface area contributed by atoms with Crippen LogP contribution < -0.4 is 16.0 Å². The van der Waals surface area contributed by atoms with Gasteiger partial charge in [0.05, 0.1) is 12.1 Å². The molecule has 0 aliphatic rings. The fraction of sp³-hybridized carbons (Fsp3) is 0.0909. The number of nitrogens with one attached hydrogen (secondary N) is 3. The van der Waals surface area contributed by atoms with Crippen LogP contribution in [0, 0.1) is 0 Å². The molecule has 0 spiro atoms. The van der Waals surface area contributed by atoms with Crippen LogP contribution in [0.25, 0.3) is 0 Å². The average molecular weight is 448 g/mol. The lowest BCUT2D eigenvalue weighted by molar-refractivity contribution is -0.137. The number of rotatable bonds is 6. The molecule has 160 valence electrons. The molecule has 3 aromatic carbocycles. The molecule has 0 saturated heterocycles. The third kappa shape index (κ3) is 6.48. The Kier molecular flexibility index (Phi) is 6.81. The number of anilines is 3. The summed E-state index contributed by atoms with van der Waals surface area (Å²) in [7, 11) is 0. The smallest absolute Gasteiger partial charge is 0.376 e. The van der Waals surface area contributed by atoms with E-state index in [1.54, 1.807) is 36.4 Å². The molecule has 0 aromatic heterocycles. The first kappa shape index (κ1) is 22.2. The number of amides is 2. The van der Waals surface area contributed by atoms with E-state index in [-0.39, 0.29) is 23.7 Å². The van der Waals surface area contributed by atoms with Crippen LogP contribution in [0.1, 0.15) is 15.9 Å². The zero-order valence-corrected chi connectivity index (χ0v) is 16.7. The zero-order valence-electron chi connectivity index (χ0n) is 16.0. The molecule has 0 fully saturated rings. The van der Waals surface area contributed by atoms with Gasteiger partial charge in [0, 0.05) is 27.6 Å². The van der Waals surface area contributed by atoms with Gasteiger partial charge in [-0.2, -0.15) is 13.2 Å². The van der Waals surface area contributed by atoms with E-state index >= 15 is 0 Å². The second-order valence-corrected chi connectivity index (χ2v) is 6.96. The molecule has 3 aromatic rings. The van der Waals surface area contributed by atoms with Gasteiger partial charge in [-0.15, -0.1) is 0 Å². The Morgan fingerprint density at radius 3 is 2.13 bits per heavy atom. The summed E-state index contributed by atoms with van der Waals surface area (Å²) in [5.41, 5.74) is 0.426. The summed E-state index contributed by atoms with van der Waals surface area (Å²) in [4.78, 5) is 24.6. The molecule has 3 N–H and O–H groups in total. The molecule has 0 aliphatic heterocycles. The second kappa shape index (κ2) is 9.53. The monoisotopic (exact) mass is 447 g/mol. The summed E-state index contributed by atoms with van der Waals surface area (Å²) in [6, 6.07) is 17.3. The van der Waals surface area contributed by atoms with Gasteiger partial charge >= 0.3 is 6.18 Å². The topological polar surface area (TPSA) is 70.2 Å². The van der Waals surface area contributed by atoms with Gasteiger partial charge in [0.25, 0.3) is 5.91 Å². The van der Waals surface area contributed by atoms with Crippen molar-refractivity contribution in [3.05, 3.63) is 88.9 Å². The van der Waals surface area contributed by atoms with Gasteiger partial charge in [-0.3, -0.25) is 9.59 Å². The molecule has 0 bridgehead atoms. The van der Waals surface area contributed by atoms with Crippen molar-refractivity contribution < 1.29 is 22.8 Å². The predicted octanol–water partition coefficient (Wildman–Crippen LogP) is 5.66. The molecule has 2 amide bonds. The number of halogens is 4. The van der Waals surface area contributed by atoms with Crippen molar-refractivity contribution in [2.45, 2.75) is 6.18 Å². The van der Waals surface area contributed by atoms with E-state index in [4.69, 9.17) is 11.6 Å². The lowest BCUT2D eigenvalue weighted by atomic mass is 10.1. The average Bonchev–Trinajstić information content (AvgIpc) is 2.73. The van der Waals surface area contributed by atoms with E-state index in [1.165, 1.54) is 24.3 Å². The number of hydrogen-bond acceptors (Lipinski definition) is 3. The van der Waals surface area contributed by atoms with Crippen molar-refractivity contribution in [1.29, 1.82) is 0 Å². The van der Waals surface area contributed by atoms with Gasteiger partial charge in [-0.05, 0) is 60.7 Å². The minimum atomic E-state index is -4.51. The zero-order chi connectivity index (χ0) is 22.4. The van der Waals surface area contributed by atoms with Gasteiger partial charge in [0.2, 0.25) is 5.91 Å². The molecular weight excluding hydrogens is 431 g/mol. The van der Waals surface area contributed by atoms with Crippen molar-refractivity contribution in [2.75, 3.05) is 22.5 Å². The van der Waals surface area contributed by atoms with Gasteiger partial charge in [0.15, 0.2) is 0 Å². The van der Waals surface area contributed by atoms with Crippen molar-refractivity contribution in [2.24, 2.45) is 0 Å². The Balaban J connectivity index is 1.61. The number of hydrogen-bond donors (Lipinski definition) is 3. The number of alkyl halides is 3. The summed E-state index contributed by atoms with van der Waals surface area (Å²) in [5.74, 6) is -0.944. The largest absolute Gasteiger partial charge is 0.416 e. The normalized spacial score (nSPS) is 11.0. The molecule has 0 unspecified atom stereocenters. The summed E-state index contributed by atoms with van der Waals surface area (Å²) in [5, 5.41) is 8.60. The van der Waals surface area contributed by atoms with Gasteiger partial charge < -0.3 is 16.0 Å². The molecule has 0 aliphatic carbocycles. The highest BCUT2D eigenvalue weighted by atomic mass is 35.5. The standard InChI is InChI=1S/C22H17ClF3N3O2/c23-16-7-9-17(10-8-16)27-13-20(30)28-18-5-1-3-14(11-18)21(31)29-19-6-2-4-15(12-19)22(24,25)26/h1-12,27H,13H2,(H,28,30)(H,29,31). The van der Waals surface area contributed by atoms with E-state index in [2.05, 4.69) is 16.0 Å². The van der Waals surface area contributed by atoms with Crippen LogP contribution in [0.15, 0.2) is 72.8 Å². The predicted molar refractivity (Wildman–Crippen MR) is 114 cm³/mol. The van der Waals surface area contributed by atoms with Crippen LogP contribution in [0.2, 0.25) is 5.02 Å². The SMILES string of the molecule is O=C(CNc1ccc(Cl)cc1)Nc1cccc(C(=O)Nc2cccc(C(F)(F)F)c2)c1. The Hall–Kier alpha value is -3.52. The molecular formula is C22H17ClF3N3O2. The summed E-state index contributed by atoms with van der Waals surface area (Å²) >= 11 is 5.81. The van der Waals surface area contributed by atoms with E-state index in [1.807, 2.05) is 0 Å². The first-order valence-corrected chi connectivity index (χ1v) is 9.46. The quantitative estimate of drug-likeness (QED) is 0.456. The molecule has 0 radical (unpaired) electrons. The van der Waals surface area contributed by atoms with Gasteiger partial charge in [-0.25, -0.2) is 0 Å². The Bertz CT molecular complexity index is 1090. The number of benzene rings is 3. The van der Waals surface area contributed by atoms with Crippen molar-refractivity contribution >= 4 is 40.5 Å².